The van der Waals surface area contributed by atoms with E-state index in [4.69, 9.17) is 14.0 Å². The van der Waals surface area contributed by atoms with Gasteiger partial charge in [0, 0.05) is 31.3 Å². The van der Waals surface area contributed by atoms with Crippen LogP contribution in [0.4, 0.5) is 4.79 Å². The molecule has 0 bridgehead atoms. The predicted molar refractivity (Wildman–Crippen MR) is 102 cm³/mol. The van der Waals surface area contributed by atoms with E-state index >= 15 is 0 Å². The van der Waals surface area contributed by atoms with Crippen LogP contribution in [-0.4, -0.2) is 49.0 Å². The molecule has 1 saturated heterocycles. The summed E-state index contributed by atoms with van der Waals surface area (Å²) in [4.78, 5) is 14.3. The van der Waals surface area contributed by atoms with Gasteiger partial charge >= 0.3 is 6.03 Å². The molecule has 0 aliphatic carbocycles. The molecule has 0 spiro atoms. The Balaban J connectivity index is 1.54. The van der Waals surface area contributed by atoms with Crippen LogP contribution in [0.1, 0.15) is 31.9 Å². The van der Waals surface area contributed by atoms with Crippen LogP contribution >= 0.6 is 0 Å². The van der Waals surface area contributed by atoms with E-state index in [1.165, 1.54) is 0 Å². The predicted octanol–water partition coefficient (Wildman–Crippen LogP) is 3.45. The van der Waals surface area contributed by atoms with E-state index in [9.17, 15) is 4.79 Å². The quantitative estimate of drug-likeness (QED) is 0.804. The van der Waals surface area contributed by atoms with E-state index < -0.39 is 0 Å². The highest BCUT2D eigenvalue weighted by Gasteiger charge is 2.24. The molecule has 1 N–H and O–H groups in total. The van der Waals surface area contributed by atoms with Crippen molar-refractivity contribution in [2.45, 2.75) is 38.8 Å². The zero-order chi connectivity index (χ0) is 19.1. The highest BCUT2D eigenvalue weighted by molar-refractivity contribution is 5.74. The number of carbonyl (C=O) groups excluding carboxylic acids is 1. The zero-order valence-electron chi connectivity index (χ0n) is 15.9. The van der Waals surface area contributed by atoms with Gasteiger partial charge in [-0.1, -0.05) is 24.2 Å². The molecule has 1 aliphatic heterocycles. The Bertz CT molecular complexity index is 746. The molecule has 1 aliphatic rings. The number of benzene rings is 1. The molecule has 2 heterocycles. The second-order valence-electron chi connectivity index (χ2n) is 6.62. The normalized spacial score (nSPS) is 17.0. The minimum absolute atomic E-state index is 0.102. The Morgan fingerprint density at radius 3 is 3.07 bits per heavy atom. The fraction of sp³-hybridized carbons (Fsp3) is 0.500. The second-order valence-corrected chi connectivity index (χ2v) is 6.62. The largest absolute Gasteiger partial charge is 0.496 e. The number of carbonyl (C=O) groups is 1. The van der Waals surface area contributed by atoms with E-state index in [0.29, 0.717) is 18.0 Å². The summed E-state index contributed by atoms with van der Waals surface area (Å²) in [6.45, 7) is 4.50. The van der Waals surface area contributed by atoms with E-state index in [-0.39, 0.29) is 18.7 Å². The van der Waals surface area contributed by atoms with Crippen molar-refractivity contribution in [1.82, 2.24) is 15.4 Å². The molecule has 1 atom stereocenters. The summed E-state index contributed by atoms with van der Waals surface area (Å²) in [5, 5.41) is 7.00. The van der Waals surface area contributed by atoms with Crippen molar-refractivity contribution >= 4 is 6.03 Å². The summed E-state index contributed by atoms with van der Waals surface area (Å²) in [5.74, 6) is 1.33. The number of nitrogens with one attached hydrogen (secondary N) is 1. The standard InChI is InChI=1S/C20H27N3O4/c1-3-11-26-15-7-6-10-23(14-15)20(24)21-13-16-12-18(22-27-16)17-8-4-5-9-19(17)25-2/h4-5,8-9,12,15H,3,6-7,10-11,13-14H2,1-2H3,(H,21,24). The first kappa shape index (κ1) is 19.2. The molecule has 1 fully saturated rings. The van der Waals surface area contributed by atoms with Crippen LogP contribution in [0.3, 0.4) is 0 Å². The number of amides is 2. The van der Waals surface area contributed by atoms with Gasteiger partial charge in [0.2, 0.25) is 0 Å². The first-order chi connectivity index (χ1) is 13.2. The molecule has 0 saturated carbocycles. The third kappa shape index (κ3) is 5.01. The van der Waals surface area contributed by atoms with Crippen LogP contribution in [0.25, 0.3) is 11.3 Å². The van der Waals surface area contributed by atoms with Crippen LogP contribution in [0.5, 0.6) is 5.75 Å². The van der Waals surface area contributed by atoms with Gasteiger partial charge in [-0.25, -0.2) is 4.79 Å². The number of hydrogen-bond acceptors (Lipinski definition) is 5. The van der Waals surface area contributed by atoms with Gasteiger partial charge in [0.05, 0.1) is 19.8 Å². The molecule has 1 unspecified atom stereocenters. The SMILES string of the molecule is CCCOC1CCCN(C(=O)NCc2cc(-c3ccccc3OC)no2)C1. The van der Waals surface area contributed by atoms with Gasteiger partial charge in [-0.05, 0) is 31.4 Å². The van der Waals surface area contributed by atoms with Gasteiger partial charge in [0.1, 0.15) is 11.4 Å². The van der Waals surface area contributed by atoms with Gasteiger partial charge in [-0.2, -0.15) is 0 Å². The lowest BCUT2D eigenvalue weighted by Gasteiger charge is -2.32. The summed E-state index contributed by atoms with van der Waals surface area (Å²) >= 11 is 0. The van der Waals surface area contributed by atoms with Crippen LogP contribution in [0, 0.1) is 0 Å². The number of methoxy groups -OCH3 is 1. The van der Waals surface area contributed by atoms with E-state index in [0.717, 1.165) is 43.7 Å². The molecule has 27 heavy (non-hydrogen) atoms. The van der Waals surface area contributed by atoms with Gasteiger partial charge in [-0.15, -0.1) is 0 Å². The first-order valence-corrected chi connectivity index (χ1v) is 9.44. The number of aromatic nitrogens is 1. The van der Waals surface area contributed by atoms with Crippen LogP contribution in [-0.2, 0) is 11.3 Å². The van der Waals surface area contributed by atoms with E-state index in [2.05, 4.69) is 17.4 Å². The molecule has 0 radical (unpaired) electrons. The second kappa shape index (κ2) is 9.41. The van der Waals surface area contributed by atoms with E-state index in [1.54, 1.807) is 12.0 Å². The highest BCUT2D eigenvalue weighted by Crippen LogP contribution is 2.28. The summed E-state index contributed by atoms with van der Waals surface area (Å²) in [5.41, 5.74) is 1.54. The van der Waals surface area contributed by atoms with Crippen LogP contribution in [0.2, 0.25) is 0 Å². The maximum atomic E-state index is 12.4. The molecule has 7 heteroatoms. The summed E-state index contributed by atoms with van der Waals surface area (Å²) in [6.07, 6.45) is 3.09. The van der Waals surface area contributed by atoms with Gasteiger partial charge in [0.25, 0.3) is 0 Å². The molecular formula is C20H27N3O4. The van der Waals surface area contributed by atoms with Crippen molar-refractivity contribution in [2.24, 2.45) is 0 Å². The number of nitrogens with zero attached hydrogens (tertiary/aromatic N) is 2. The molecule has 7 nitrogen and oxygen atoms in total. The third-order valence-corrected chi connectivity index (χ3v) is 4.58. The number of urea groups is 1. The molecule has 2 amide bonds. The molecule has 1 aromatic heterocycles. The smallest absolute Gasteiger partial charge is 0.317 e. The average Bonchev–Trinajstić information content (AvgIpc) is 3.19. The van der Waals surface area contributed by atoms with E-state index in [1.807, 2.05) is 30.3 Å². The molecule has 2 aromatic rings. The van der Waals surface area contributed by atoms with Gasteiger partial charge < -0.3 is 24.2 Å². The van der Waals surface area contributed by atoms with Crippen molar-refractivity contribution in [1.29, 1.82) is 0 Å². The zero-order valence-corrected chi connectivity index (χ0v) is 15.9. The lowest BCUT2D eigenvalue weighted by Crippen LogP contribution is -2.47. The minimum Gasteiger partial charge on any atom is -0.496 e. The molecule has 146 valence electrons. The summed E-state index contributed by atoms with van der Waals surface area (Å²) in [6, 6.07) is 9.33. The lowest BCUT2D eigenvalue weighted by molar-refractivity contribution is 0.00996. The minimum atomic E-state index is -0.102. The number of rotatable bonds is 7. The van der Waals surface area contributed by atoms with Gasteiger partial charge in [-0.3, -0.25) is 0 Å². The monoisotopic (exact) mass is 373 g/mol. The van der Waals surface area contributed by atoms with Crippen molar-refractivity contribution in [3.05, 3.63) is 36.1 Å². The highest BCUT2D eigenvalue weighted by atomic mass is 16.5. The first-order valence-electron chi connectivity index (χ1n) is 9.44. The van der Waals surface area contributed by atoms with Crippen LogP contribution in [0.15, 0.2) is 34.9 Å². The number of hydrogen-bond donors (Lipinski definition) is 1. The summed E-state index contributed by atoms with van der Waals surface area (Å²) in [7, 11) is 1.62. The maximum absolute atomic E-state index is 12.4. The lowest BCUT2D eigenvalue weighted by atomic mass is 10.1. The average molecular weight is 373 g/mol. The van der Waals surface area contributed by atoms with Crippen molar-refractivity contribution in [3.63, 3.8) is 0 Å². The Morgan fingerprint density at radius 1 is 1.41 bits per heavy atom. The molecule has 3 rings (SSSR count). The topological polar surface area (TPSA) is 76.8 Å². The van der Waals surface area contributed by atoms with Crippen molar-refractivity contribution < 1.29 is 18.8 Å². The number of likely N-dealkylation sites (tertiary alicyclic amines) is 1. The number of ether oxygens (including phenoxy) is 2. The molecule has 1 aromatic carbocycles. The Morgan fingerprint density at radius 2 is 2.26 bits per heavy atom. The maximum Gasteiger partial charge on any atom is 0.317 e. The third-order valence-electron chi connectivity index (χ3n) is 4.58. The number of para-hydroxylation sites is 1. The fourth-order valence-corrected chi connectivity index (χ4v) is 3.20. The van der Waals surface area contributed by atoms with Crippen LogP contribution < -0.4 is 10.1 Å². The number of piperidine rings is 1. The Labute approximate surface area is 159 Å². The Hall–Kier alpha value is -2.54. The van der Waals surface area contributed by atoms with Crippen molar-refractivity contribution in [2.75, 3.05) is 26.8 Å². The fourth-order valence-electron chi connectivity index (χ4n) is 3.20. The molecular weight excluding hydrogens is 346 g/mol. The van der Waals surface area contributed by atoms with Gasteiger partial charge in [0.15, 0.2) is 5.76 Å². The van der Waals surface area contributed by atoms with Crippen molar-refractivity contribution in [3.8, 4) is 17.0 Å². The summed E-state index contributed by atoms with van der Waals surface area (Å²) < 4.78 is 16.5. The Kier molecular flexibility index (Phi) is 6.70.